The molecule has 4 nitrogen and oxygen atoms in total. The molecule has 2 N–H and O–H groups in total. The van der Waals surface area contributed by atoms with Gasteiger partial charge in [-0.2, -0.15) is 0 Å². The Kier molecular flexibility index (Phi) is 8.00. The number of rotatable bonds is 9. The van der Waals surface area contributed by atoms with E-state index in [4.69, 9.17) is 0 Å². The van der Waals surface area contributed by atoms with Crippen LogP contribution in [0.5, 0.6) is 0 Å². The number of unbranched alkanes of at least 4 members (excludes halogenated alkanes) is 1. The zero-order chi connectivity index (χ0) is 17.0. The predicted molar refractivity (Wildman–Crippen MR) is 102 cm³/mol. The van der Waals surface area contributed by atoms with E-state index < -0.39 is 0 Å². The van der Waals surface area contributed by atoms with Crippen molar-refractivity contribution in [3.05, 3.63) is 56.9 Å². The number of nitrogens with one attached hydrogen (secondary N) is 2. The van der Waals surface area contributed by atoms with Crippen LogP contribution < -0.4 is 10.6 Å². The van der Waals surface area contributed by atoms with Crippen LogP contribution in [-0.2, 0) is 9.59 Å². The zero-order valence-corrected chi connectivity index (χ0v) is 14.9. The van der Waals surface area contributed by atoms with Crippen molar-refractivity contribution < 1.29 is 9.59 Å². The van der Waals surface area contributed by atoms with E-state index in [1.807, 2.05) is 35.0 Å². The van der Waals surface area contributed by atoms with Crippen molar-refractivity contribution in [2.45, 2.75) is 12.8 Å². The highest BCUT2D eigenvalue weighted by Crippen LogP contribution is 2.10. The average molecular weight is 361 g/mol. The third-order valence-corrected chi connectivity index (χ3v) is 4.76. The SMILES string of the molecule is O=C(C=Cc1cccs1)NCCCCNC(=O)C=Cc1cccs1. The fourth-order valence-electron chi connectivity index (χ4n) is 1.88. The second kappa shape index (κ2) is 10.6. The number of hydrogen-bond donors (Lipinski definition) is 2. The molecule has 0 fully saturated rings. The molecule has 2 aromatic rings. The molecule has 0 bridgehead atoms. The molecule has 0 aliphatic carbocycles. The van der Waals surface area contributed by atoms with Gasteiger partial charge in [-0.3, -0.25) is 9.59 Å². The van der Waals surface area contributed by atoms with E-state index in [0.29, 0.717) is 13.1 Å². The van der Waals surface area contributed by atoms with Crippen LogP contribution in [0.3, 0.4) is 0 Å². The second-order valence-corrected chi connectivity index (χ2v) is 6.95. The van der Waals surface area contributed by atoms with Crippen LogP contribution in [0.15, 0.2) is 47.2 Å². The van der Waals surface area contributed by atoms with E-state index in [2.05, 4.69) is 10.6 Å². The number of carbonyl (C=O) groups excluding carboxylic acids is 2. The minimum atomic E-state index is -0.0914. The fourth-order valence-corrected chi connectivity index (χ4v) is 3.11. The highest BCUT2D eigenvalue weighted by Gasteiger charge is 1.97. The molecule has 6 heteroatoms. The van der Waals surface area contributed by atoms with Crippen molar-refractivity contribution in [3.63, 3.8) is 0 Å². The Balaban J connectivity index is 1.50. The van der Waals surface area contributed by atoms with Crippen molar-refractivity contribution in [1.82, 2.24) is 10.6 Å². The van der Waals surface area contributed by atoms with Gasteiger partial charge >= 0.3 is 0 Å². The first kappa shape index (κ1) is 18.2. The maximum atomic E-state index is 11.6. The smallest absolute Gasteiger partial charge is 0.244 e. The van der Waals surface area contributed by atoms with Crippen molar-refractivity contribution >= 4 is 46.6 Å². The lowest BCUT2D eigenvalue weighted by atomic mass is 10.3. The van der Waals surface area contributed by atoms with E-state index in [9.17, 15) is 9.59 Å². The van der Waals surface area contributed by atoms with Gasteiger partial charge in [0, 0.05) is 35.0 Å². The van der Waals surface area contributed by atoms with Gasteiger partial charge in [0.1, 0.15) is 0 Å². The van der Waals surface area contributed by atoms with Crippen LogP contribution in [0, 0.1) is 0 Å². The molecule has 0 spiro atoms. The summed E-state index contributed by atoms with van der Waals surface area (Å²) in [5.41, 5.74) is 0. The number of carbonyl (C=O) groups is 2. The molecule has 2 rings (SSSR count). The summed E-state index contributed by atoms with van der Waals surface area (Å²) in [5, 5.41) is 9.61. The Morgan fingerprint density at radius 1 is 0.833 bits per heavy atom. The summed E-state index contributed by atoms with van der Waals surface area (Å²) < 4.78 is 0. The van der Waals surface area contributed by atoms with E-state index in [1.54, 1.807) is 47.0 Å². The Morgan fingerprint density at radius 3 is 1.67 bits per heavy atom. The predicted octanol–water partition coefficient (Wildman–Crippen LogP) is 3.55. The molecule has 0 saturated heterocycles. The molecular weight excluding hydrogens is 340 g/mol. The van der Waals surface area contributed by atoms with Crippen LogP contribution >= 0.6 is 22.7 Å². The topological polar surface area (TPSA) is 58.2 Å². The van der Waals surface area contributed by atoms with E-state index >= 15 is 0 Å². The molecule has 0 saturated carbocycles. The Hall–Kier alpha value is -2.18. The van der Waals surface area contributed by atoms with Crippen molar-refractivity contribution in [2.75, 3.05) is 13.1 Å². The molecule has 0 aliphatic rings. The first-order chi connectivity index (χ1) is 11.7. The highest BCUT2D eigenvalue weighted by atomic mass is 32.1. The van der Waals surface area contributed by atoms with Crippen LogP contribution in [-0.4, -0.2) is 24.9 Å². The Labute approximate surface area is 149 Å². The lowest BCUT2D eigenvalue weighted by molar-refractivity contribution is -0.117. The maximum absolute atomic E-state index is 11.6. The first-order valence-electron chi connectivity index (χ1n) is 7.73. The van der Waals surface area contributed by atoms with Gasteiger partial charge < -0.3 is 10.6 Å². The lowest BCUT2D eigenvalue weighted by Crippen LogP contribution is -2.25. The molecule has 0 radical (unpaired) electrons. The maximum Gasteiger partial charge on any atom is 0.244 e. The third-order valence-electron chi connectivity index (χ3n) is 3.09. The second-order valence-electron chi connectivity index (χ2n) is 4.99. The van der Waals surface area contributed by atoms with Crippen molar-refractivity contribution in [1.29, 1.82) is 0 Å². The normalized spacial score (nSPS) is 11.2. The number of thiophene rings is 2. The molecular formula is C18H20N2O2S2. The average Bonchev–Trinajstić information content (AvgIpc) is 3.27. The van der Waals surface area contributed by atoms with Gasteiger partial charge in [0.2, 0.25) is 11.8 Å². The van der Waals surface area contributed by atoms with E-state index in [0.717, 1.165) is 22.6 Å². The minimum absolute atomic E-state index is 0.0914. The van der Waals surface area contributed by atoms with Gasteiger partial charge in [-0.1, -0.05) is 12.1 Å². The van der Waals surface area contributed by atoms with Crippen LogP contribution in [0.4, 0.5) is 0 Å². The molecule has 24 heavy (non-hydrogen) atoms. The molecule has 2 heterocycles. The summed E-state index contributed by atoms with van der Waals surface area (Å²) >= 11 is 3.19. The molecule has 0 unspecified atom stereocenters. The highest BCUT2D eigenvalue weighted by molar-refractivity contribution is 7.11. The van der Waals surface area contributed by atoms with Gasteiger partial charge in [0.25, 0.3) is 0 Å². The lowest BCUT2D eigenvalue weighted by Gasteiger charge is -2.03. The molecule has 0 atom stereocenters. The minimum Gasteiger partial charge on any atom is -0.353 e. The van der Waals surface area contributed by atoms with Gasteiger partial charge in [0.05, 0.1) is 0 Å². The van der Waals surface area contributed by atoms with Crippen molar-refractivity contribution in [3.8, 4) is 0 Å². The van der Waals surface area contributed by atoms with Gasteiger partial charge in [-0.25, -0.2) is 0 Å². The van der Waals surface area contributed by atoms with Crippen LogP contribution in [0.2, 0.25) is 0 Å². The molecule has 126 valence electrons. The number of hydrogen-bond acceptors (Lipinski definition) is 4. The van der Waals surface area contributed by atoms with E-state index in [1.165, 1.54) is 0 Å². The van der Waals surface area contributed by atoms with Gasteiger partial charge in [-0.05, 0) is 47.9 Å². The summed E-state index contributed by atoms with van der Waals surface area (Å²) in [7, 11) is 0. The standard InChI is InChI=1S/C18H20N2O2S2/c21-17(9-7-15-5-3-13-23-15)19-11-1-2-12-20-18(22)10-8-16-6-4-14-24-16/h3-10,13-14H,1-2,11-12H2,(H,19,21)(H,20,22). The summed E-state index contributed by atoms with van der Waals surface area (Å²) in [6.07, 6.45) is 8.35. The zero-order valence-electron chi connectivity index (χ0n) is 13.2. The summed E-state index contributed by atoms with van der Waals surface area (Å²) in [6.45, 7) is 1.21. The van der Waals surface area contributed by atoms with Crippen LogP contribution in [0.25, 0.3) is 12.2 Å². The van der Waals surface area contributed by atoms with Gasteiger partial charge in [-0.15, -0.1) is 22.7 Å². The van der Waals surface area contributed by atoms with Crippen molar-refractivity contribution in [2.24, 2.45) is 0 Å². The molecule has 2 amide bonds. The molecule has 2 aromatic heterocycles. The summed E-state index contributed by atoms with van der Waals surface area (Å²) in [6, 6.07) is 7.83. The van der Waals surface area contributed by atoms with Gasteiger partial charge in [0.15, 0.2) is 0 Å². The summed E-state index contributed by atoms with van der Waals surface area (Å²) in [4.78, 5) is 25.3. The molecule has 0 aliphatic heterocycles. The first-order valence-corrected chi connectivity index (χ1v) is 9.49. The fraction of sp³-hybridized carbons (Fsp3) is 0.222. The number of amides is 2. The van der Waals surface area contributed by atoms with Crippen LogP contribution in [0.1, 0.15) is 22.6 Å². The van der Waals surface area contributed by atoms with E-state index in [-0.39, 0.29) is 11.8 Å². The Morgan fingerprint density at radius 2 is 1.29 bits per heavy atom. The molecule has 0 aromatic carbocycles. The monoisotopic (exact) mass is 360 g/mol. The largest absolute Gasteiger partial charge is 0.353 e. The third kappa shape index (κ3) is 7.39. The quantitative estimate of drug-likeness (QED) is 0.531. The summed E-state index contributed by atoms with van der Waals surface area (Å²) in [5.74, 6) is -0.183. The Bertz CT molecular complexity index is 614.